The second kappa shape index (κ2) is 5.32. The smallest absolute Gasteiger partial charge is 0.138 e. The largest absolute Gasteiger partial charge is 0.367 e. The SMILES string of the molecule is c1nc(NC2CCC2)c2cc(C3CCCCC3)sc2n1. The van der Waals surface area contributed by atoms with Crippen molar-refractivity contribution < 1.29 is 0 Å². The lowest BCUT2D eigenvalue weighted by molar-refractivity contribution is 0.444. The monoisotopic (exact) mass is 287 g/mol. The molecule has 2 aromatic rings. The minimum Gasteiger partial charge on any atom is -0.367 e. The molecule has 20 heavy (non-hydrogen) atoms. The number of aromatic nitrogens is 2. The Bertz CT molecular complexity index is 597. The van der Waals surface area contributed by atoms with Gasteiger partial charge in [0.1, 0.15) is 17.0 Å². The first-order valence-corrected chi connectivity index (χ1v) is 8.73. The average Bonchev–Trinajstić information content (AvgIpc) is 2.88. The second-order valence-corrected chi connectivity index (χ2v) is 7.26. The third-order valence-electron chi connectivity index (χ3n) is 4.80. The van der Waals surface area contributed by atoms with Crippen LogP contribution in [0, 0.1) is 0 Å². The highest BCUT2D eigenvalue weighted by Gasteiger charge is 2.21. The van der Waals surface area contributed by atoms with E-state index in [1.54, 1.807) is 6.33 Å². The van der Waals surface area contributed by atoms with E-state index in [-0.39, 0.29) is 0 Å². The quantitative estimate of drug-likeness (QED) is 0.889. The molecule has 2 aliphatic carbocycles. The van der Waals surface area contributed by atoms with Crippen LogP contribution in [0.15, 0.2) is 12.4 Å². The molecule has 106 valence electrons. The summed E-state index contributed by atoms with van der Waals surface area (Å²) in [6.45, 7) is 0. The summed E-state index contributed by atoms with van der Waals surface area (Å²) in [5, 5.41) is 4.83. The molecule has 0 radical (unpaired) electrons. The molecule has 0 spiro atoms. The summed E-state index contributed by atoms with van der Waals surface area (Å²) in [5.41, 5.74) is 0. The summed E-state index contributed by atoms with van der Waals surface area (Å²) in [7, 11) is 0. The van der Waals surface area contributed by atoms with Gasteiger partial charge in [-0.1, -0.05) is 19.3 Å². The van der Waals surface area contributed by atoms with E-state index in [0.717, 1.165) is 16.6 Å². The summed E-state index contributed by atoms with van der Waals surface area (Å²) in [6.07, 6.45) is 12.5. The molecule has 0 bridgehead atoms. The fraction of sp³-hybridized carbons (Fsp3) is 0.625. The van der Waals surface area contributed by atoms with E-state index >= 15 is 0 Å². The van der Waals surface area contributed by atoms with Crippen LogP contribution in [0.1, 0.15) is 62.2 Å². The van der Waals surface area contributed by atoms with Gasteiger partial charge in [-0.25, -0.2) is 9.97 Å². The number of nitrogens with one attached hydrogen (secondary N) is 1. The van der Waals surface area contributed by atoms with Gasteiger partial charge in [0.15, 0.2) is 0 Å². The van der Waals surface area contributed by atoms with Crippen molar-refractivity contribution in [3.05, 3.63) is 17.3 Å². The standard InChI is InChI=1S/C16H21N3S/c1-2-5-11(6-3-1)14-9-13-15(19-12-7-4-8-12)17-10-18-16(13)20-14/h9-12H,1-8H2,(H,17,18,19). The fourth-order valence-corrected chi connectivity index (χ4v) is 4.49. The molecule has 2 aromatic heterocycles. The zero-order valence-electron chi connectivity index (χ0n) is 11.8. The first-order valence-electron chi connectivity index (χ1n) is 7.91. The Morgan fingerprint density at radius 1 is 1.00 bits per heavy atom. The van der Waals surface area contributed by atoms with Crippen LogP contribution in [0.5, 0.6) is 0 Å². The highest BCUT2D eigenvalue weighted by atomic mass is 32.1. The molecule has 2 fully saturated rings. The Hall–Kier alpha value is -1.16. The zero-order chi connectivity index (χ0) is 13.4. The van der Waals surface area contributed by atoms with Gasteiger partial charge in [-0.3, -0.25) is 0 Å². The van der Waals surface area contributed by atoms with Crippen molar-refractivity contribution in [1.29, 1.82) is 0 Å². The number of anilines is 1. The molecule has 4 rings (SSSR count). The van der Waals surface area contributed by atoms with Gasteiger partial charge in [0.2, 0.25) is 0 Å². The molecule has 0 saturated heterocycles. The molecule has 0 amide bonds. The molecular weight excluding hydrogens is 266 g/mol. The van der Waals surface area contributed by atoms with Crippen molar-refractivity contribution in [1.82, 2.24) is 9.97 Å². The number of fused-ring (bicyclic) bond motifs is 1. The number of rotatable bonds is 3. The number of thiophene rings is 1. The maximum atomic E-state index is 4.48. The van der Waals surface area contributed by atoms with E-state index < -0.39 is 0 Å². The minimum absolute atomic E-state index is 0.631. The average molecular weight is 287 g/mol. The molecule has 4 heteroatoms. The van der Waals surface area contributed by atoms with Crippen molar-refractivity contribution in [3.63, 3.8) is 0 Å². The lowest BCUT2D eigenvalue weighted by Gasteiger charge is -2.27. The highest BCUT2D eigenvalue weighted by molar-refractivity contribution is 7.18. The van der Waals surface area contributed by atoms with E-state index in [2.05, 4.69) is 21.4 Å². The van der Waals surface area contributed by atoms with Crippen molar-refractivity contribution >= 4 is 27.4 Å². The van der Waals surface area contributed by atoms with Crippen LogP contribution in [0.4, 0.5) is 5.82 Å². The molecule has 2 saturated carbocycles. The van der Waals surface area contributed by atoms with E-state index in [9.17, 15) is 0 Å². The Balaban J connectivity index is 1.65. The molecule has 0 unspecified atom stereocenters. The Morgan fingerprint density at radius 3 is 2.60 bits per heavy atom. The van der Waals surface area contributed by atoms with Gasteiger partial charge in [0.05, 0.1) is 5.39 Å². The van der Waals surface area contributed by atoms with E-state index in [1.165, 1.54) is 61.6 Å². The lowest BCUT2D eigenvalue weighted by atomic mass is 9.88. The lowest BCUT2D eigenvalue weighted by Crippen LogP contribution is -2.27. The predicted molar refractivity (Wildman–Crippen MR) is 84.5 cm³/mol. The molecule has 0 aromatic carbocycles. The normalized spacial score (nSPS) is 21.0. The molecule has 0 atom stereocenters. The topological polar surface area (TPSA) is 37.8 Å². The number of hydrogen-bond donors (Lipinski definition) is 1. The van der Waals surface area contributed by atoms with Gasteiger partial charge in [0.25, 0.3) is 0 Å². The van der Waals surface area contributed by atoms with Crippen molar-refractivity contribution in [2.75, 3.05) is 5.32 Å². The van der Waals surface area contributed by atoms with Crippen LogP contribution in [0.2, 0.25) is 0 Å². The van der Waals surface area contributed by atoms with Gasteiger partial charge >= 0.3 is 0 Å². The van der Waals surface area contributed by atoms with Gasteiger partial charge in [-0.05, 0) is 44.1 Å². The van der Waals surface area contributed by atoms with Crippen LogP contribution in [-0.4, -0.2) is 16.0 Å². The molecular formula is C16H21N3S. The van der Waals surface area contributed by atoms with Crippen LogP contribution >= 0.6 is 11.3 Å². The van der Waals surface area contributed by atoms with Crippen LogP contribution < -0.4 is 5.32 Å². The molecule has 2 aliphatic rings. The van der Waals surface area contributed by atoms with Gasteiger partial charge < -0.3 is 5.32 Å². The second-order valence-electron chi connectivity index (χ2n) is 6.20. The summed E-state index contributed by atoms with van der Waals surface area (Å²) in [6, 6.07) is 2.99. The van der Waals surface area contributed by atoms with Crippen molar-refractivity contribution in [3.8, 4) is 0 Å². The zero-order valence-corrected chi connectivity index (χ0v) is 12.6. The number of hydrogen-bond acceptors (Lipinski definition) is 4. The van der Waals surface area contributed by atoms with Crippen molar-refractivity contribution in [2.45, 2.75) is 63.3 Å². The van der Waals surface area contributed by atoms with E-state index in [0.29, 0.717) is 6.04 Å². The van der Waals surface area contributed by atoms with Crippen LogP contribution in [0.25, 0.3) is 10.2 Å². The third kappa shape index (κ3) is 2.30. The molecule has 3 nitrogen and oxygen atoms in total. The molecule has 0 aliphatic heterocycles. The summed E-state index contributed by atoms with van der Waals surface area (Å²) < 4.78 is 0. The molecule has 1 N–H and O–H groups in total. The summed E-state index contributed by atoms with van der Waals surface area (Å²) >= 11 is 1.88. The maximum absolute atomic E-state index is 4.48. The minimum atomic E-state index is 0.631. The fourth-order valence-electron chi connectivity index (χ4n) is 3.32. The first kappa shape index (κ1) is 12.6. The Morgan fingerprint density at radius 2 is 1.85 bits per heavy atom. The Kier molecular flexibility index (Phi) is 3.34. The van der Waals surface area contributed by atoms with Gasteiger partial charge in [-0.2, -0.15) is 0 Å². The Labute approximate surface area is 123 Å². The van der Waals surface area contributed by atoms with E-state index in [1.807, 2.05) is 11.3 Å². The van der Waals surface area contributed by atoms with Gasteiger partial charge in [0, 0.05) is 10.9 Å². The maximum Gasteiger partial charge on any atom is 0.138 e. The summed E-state index contributed by atoms with van der Waals surface area (Å²) in [4.78, 5) is 11.6. The predicted octanol–water partition coefficient (Wildman–Crippen LogP) is 4.70. The van der Waals surface area contributed by atoms with Crippen LogP contribution in [-0.2, 0) is 0 Å². The first-order chi connectivity index (χ1) is 9.90. The molecule has 2 heterocycles. The van der Waals surface area contributed by atoms with E-state index in [4.69, 9.17) is 0 Å². The highest BCUT2D eigenvalue weighted by Crippen LogP contribution is 2.40. The number of nitrogens with zero attached hydrogens (tertiary/aromatic N) is 2. The van der Waals surface area contributed by atoms with Gasteiger partial charge in [-0.15, -0.1) is 11.3 Å². The van der Waals surface area contributed by atoms with Crippen molar-refractivity contribution in [2.24, 2.45) is 0 Å². The van der Waals surface area contributed by atoms with Crippen LogP contribution in [0.3, 0.4) is 0 Å². The third-order valence-corrected chi connectivity index (χ3v) is 6.01. The summed E-state index contributed by atoms with van der Waals surface area (Å²) in [5.74, 6) is 1.82.